The van der Waals surface area contributed by atoms with Crippen LogP contribution in [0.15, 0.2) is 0 Å². The van der Waals surface area contributed by atoms with Crippen molar-refractivity contribution < 1.29 is 15.0 Å². The van der Waals surface area contributed by atoms with Crippen molar-refractivity contribution in [2.75, 3.05) is 33.2 Å². The minimum atomic E-state index is -1.64. The fourth-order valence-electron chi connectivity index (χ4n) is 2.10. The number of carboxylic acids is 1. The molecule has 1 rings (SSSR count). The van der Waals surface area contributed by atoms with E-state index < -0.39 is 11.6 Å². The largest absolute Gasteiger partial charge is 0.479 e. The summed E-state index contributed by atoms with van der Waals surface area (Å²) in [6, 6.07) is 0.457. The summed E-state index contributed by atoms with van der Waals surface area (Å²) < 4.78 is 0. The van der Waals surface area contributed by atoms with Crippen molar-refractivity contribution in [3.63, 3.8) is 0 Å². The van der Waals surface area contributed by atoms with Crippen LogP contribution in [-0.2, 0) is 4.79 Å². The molecule has 2 atom stereocenters. The summed E-state index contributed by atoms with van der Waals surface area (Å²) in [6.07, 6.45) is 1.04. The summed E-state index contributed by atoms with van der Waals surface area (Å²) in [4.78, 5) is 15.1. The highest BCUT2D eigenvalue weighted by molar-refractivity contribution is 5.76. The van der Waals surface area contributed by atoms with Gasteiger partial charge in [0.1, 0.15) is 0 Å². The predicted octanol–water partition coefficient (Wildman–Crippen LogP) is -0.152. The van der Waals surface area contributed by atoms with Gasteiger partial charge in [-0.05, 0) is 20.4 Å². The summed E-state index contributed by atoms with van der Waals surface area (Å²) in [7, 11) is 2.08. The first-order chi connectivity index (χ1) is 7.36. The monoisotopic (exact) mass is 230 g/mol. The normalized spacial score (nSPS) is 27.6. The summed E-state index contributed by atoms with van der Waals surface area (Å²) in [5.74, 6) is -1.15. The Bertz CT molecular complexity index is 256. The third-order valence-electron chi connectivity index (χ3n) is 3.32. The van der Waals surface area contributed by atoms with Crippen molar-refractivity contribution >= 4 is 5.97 Å². The Balaban J connectivity index is 2.53. The van der Waals surface area contributed by atoms with E-state index in [2.05, 4.69) is 18.9 Å². The molecule has 2 N–H and O–H groups in total. The Morgan fingerprint density at radius 1 is 1.50 bits per heavy atom. The Morgan fingerprint density at radius 2 is 2.12 bits per heavy atom. The second kappa shape index (κ2) is 5.12. The zero-order valence-corrected chi connectivity index (χ0v) is 10.3. The maximum absolute atomic E-state index is 10.8. The average Bonchev–Trinajstić information content (AvgIpc) is 2.20. The first-order valence-electron chi connectivity index (χ1n) is 5.75. The number of piperazine rings is 1. The van der Waals surface area contributed by atoms with Gasteiger partial charge in [0, 0.05) is 32.2 Å². The van der Waals surface area contributed by atoms with Crippen LogP contribution in [0.2, 0.25) is 0 Å². The third kappa shape index (κ3) is 3.17. The van der Waals surface area contributed by atoms with E-state index in [0.29, 0.717) is 6.04 Å². The number of rotatable bonds is 4. The van der Waals surface area contributed by atoms with Crippen molar-refractivity contribution in [3.8, 4) is 0 Å². The van der Waals surface area contributed by atoms with Crippen LogP contribution in [0.3, 0.4) is 0 Å². The van der Waals surface area contributed by atoms with Crippen LogP contribution < -0.4 is 0 Å². The highest BCUT2D eigenvalue weighted by Gasteiger charge is 2.34. The van der Waals surface area contributed by atoms with Gasteiger partial charge in [-0.2, -0.15) is 0 Å². The molecule has 1 aliphatic heterocycles. The molecule has 16 heavy (non-hydrogen) atoms. The Hall–Kier alpha value is -0.650. The SMILES string of the molecule is CCC1CN(CC(C)(O)C(=O)O)CCN1C. The number of hydrogen-bond donors (Lipinski definition) is 2. The van der Waals surface area contributed by atoms with E-state index in [-0.39, 0.29) is 6.54 Å². The maximum Gasteiger partial charge on any atom is 0.336 e. The van der Waals surface area contributed by atoms with Crippen molar-refractivity contribution in [3.05, 3.63) is 0 Å². The summed E-state index contributed by atoms with van der Waals surface area (Å²) in [5, 5.41) is 18.6. The third-order valence-corrected chi connectivity index (χ3v) is 3.32. The molecule has 2 unspecified atom stereocenters. The number of aliphatic hydroxyl groups is 1. The minimum absolute atomic E-state index is 0.201. The molecule has 5 nitrogen and oxygen atoms in total. The van der Waals surface area contributed by atoms with E-state index in [1.165, 1.54) is 6.92 Å². The molecule has 0 aliphatic carbocycles. The van der Waals surface area contributed by atoms with Gasteiger partial charge in [0.15, 0.2) is 5.60 Å². The molecule has 0 saturated carbocycles. The standard InChI is InChI=1S/C11H22N2O3/c1-4-9-7-13(6-5-12(9)3)8-11(2,16)10(14)15/h9,16H,4-8H2,1-3H3,(H,14,15). The number of nitrogens with zero attached hydrogens (tertiary/aromatic N) is 2. The topological polar surface area (TPSA) is 64.0 Å². The first-order valence-corrected chi connectivity index (χ1v) is 5.75. The first kappa shape index (κ1) is 13.4. The van der Waals surface area contributed by atoms with Gasteiger partial charge in [-0.1, -0.05) is 6.92 Å². The highest BCUT2D eigenvalue weighted by Crippen LogP contribution is 2.14. The second-order valence-electron chi connectivity index (χ2n) is 4.86. The van der Waals surface area contributed by atoms with E-state index in [9.17, 15) is 9.90 Å². The van der Waals surface area contributed by atoms with E-state index >= 15 is 0 Å². The molecule has 0 spiro atoms. The van der Waals surface area contributed by atoms with E-state index in [1.54, 1.807) is 0 Å². The van der Waals surface area contributed by atoms with Crippen LogP contribution in [0.5, 0.6) is 0 Å². The Kier molecular flexibility index (Phi) is 4.29. The lowest BCUT2D eigenvalue weighted by Gasteiger charge is -2.40. The molecule has 0 aromatic rings. The smallest absolute Gasteiger partial charge is 0.336 e. The summed E-state index contributed by atoms with van der Waals surface area (Å²) in [5.41, 5.74) is -1.64. The van der Waals surface area contributed by atoms with Gasteiger partial charge in [-0.25, -0.2) is 4.79 Å². The van der Waals surface area contributed by atoms with Crippen molar-refractivity contribution in [1.82, 2.24) is 9.80 Å². The number of carboxylic acid groups (broad SMARTS) is 1. The number of hydrogen-bond acceptors (Lipinski definition) is 4. The van der Waals surface area contributed by atoms with Gasteiger partial charge in [0.05, 0.1) is 0 Å². The summed E-state index contributed by atoms with van der Waals surface area (Å²) >= 11 is 0. The molecule has 1 heterocycles. The van der Waals surface area contributed by atoms with Gasteiger partial charge >= 0.3 is 5.97 Å². The number of aliphatic carboxylic acids is 1. The molecule has 5 heteroatoms. The van der Waals surface area contributed by atoms with Gasteiger partial charge in [0.2, 0.25) is 0 Å². The molecule has 1 fully saturated rings. The van der Waals surface area contributed by atoms with Crippen LogP contribution in [0.1, 0.15) is 20.3 Å². The predicted molar refractivity (Wildman–Crippen MR) is 61.4 cm³/mol. The molecule has 0 radical (unpaired) electrons. The van der Waals surface area contributed by atoms with Crippen molar-refractivity contribution in [1.29, 1.82) is 0 Å². The van der Waals surface area contributed by atoms with E-state index in [4.69, 9.17) is 5.11 Å². The van der Waals surface area contributed by atoms with Gasteiger partial charge in [-0.3, -0.25) is 4.90 Å². The molecule has 0 amide bonds. The molecular formula is C11H22N2O3. The zero-order chi connectivity index (χ0) is 12.3. The molecular weight excluding hydrogens is 208 g/mol. The number of likely N-dealkylation sites (N-methyl/N-ethyl adjacent to an activating group) is 1. The second-order valence-corrected chi connectivity index (χ2v) is 4.86. The minimum Gasteiger partial charge on any atom is -0.479 e. The van der Waals surface area contributed by atoms with E-state index in [1.807, 2.05) is 4.90 Å². The molecule has 1 saturated heterocycles. The average molecular weight is 230 g/mol. The van der Waals surface area contributed by atoms with Gasteiger partial charge < -0.3 is 15.1 Å². The fraction of sp³-hybridized carbons (Fsp3) is 0.909. The summed E-state index contributed by atoms with van der Waals surface area (Å²) in [6.45, 7) is 6.25. The molecule has 1 aliphatic rings. The highest BCUT2D eigenvalue weighted by atomic mass is 16.4. The quantitative estimate of drug-likeness (QED) is 0.703. The lowest BCUT2D eigenvalue weighted by Crippen LogP contribution is -2.56. The fourth-order valence-corrected chi connectivity index (χ4v) is 2.10. The van der Waals surface area contributed by atoms with Crippen LogP contribution in [0, 0.1) is 0 Å². The van der Waals surface area contributed by atoms with Gasteiger partial charge in [-0.15, -0.1) is 0 Å². The lowest BCUT2D eigenvalue weighted by atomic mass is 10.0. The molecule has 0 aromatic carbocycles. The van der Waals surface area contributed by atoms with E-state index in [0.717, 1.165) is 26.1 Å². The molecule has 0 bridgehead atoms. The number of carbonyl (C=O) groups is 1. The van der Waals surface area contributed by atoms with Crippen LogP contribution in [0.25, 0.3) is 0 Å². The molecule has 0 aromatic heterocycles. The lowest BCUT2D eigenvalue weighted by molar-refractivity contribution is -0.159. The van der Waals surface area contributed by atoms with Gasteiger partial charge in [0.25, 0.3) is 0 Å². The Morgan fingerprint density at radius 3 is 2.62 bits per heavy atom. The Labute approximate surface area is 96.7 Å². The van der Waals surface area contributed by atoms with Crippen LogP contribution >= 0.6 is 0 Å². The van der Waals surface area contributed by atoms with Crippen molar-refractivity contribution in [2.24, 2.45) is 0 Å². The molecule has 94 valence electrons. The zero-order valence-electron chi connectivity index (χ0n) is 10.3. The van der Waals surface area contributed by atoms with Crippen molar-refractivity contribution in [2.45, 2.75) is 31.9 Å². The number of β-amino-alcohol motifs (C(OH)–C–C–N with tert-alkyl or cyclic N) is 1. The van der Waals surface area contributed by atoms with Crippen LogP contribution in [0.4, 0.5) is 0 Å². The maximum atomic E-state index is 10.8. The van der Waals surface area contributed by atoms with Crippen LogP contribution in [-0.4, -0.2) is 70.9 Å².